The smallest absolute Gasteiger partial charge is 0.258 e. The number of carbonyl (C=O) groups is 1. The lowest BCUT2D eigenvalue weighted by Crippen LogP contribution is -2.13. The zero-order valence-corrected chi connectivity index (χ0v) is 11.2. The first kappa shape index (κ1) is 13.8. The zero-order valence-electron chi connectivity index (χ0n) is 9.73. The van der Waals surface area contributed by atoms with Crippen LogP contribution in [-0.4, -0.2) is 16.0 Å². The molecule has 0 saturated carbocycles. The number of pyridine rings is 1. The van der Waals surface area contributed by atoms with Crippen LogP contribution in [0, 0.1) is 0 Å². The highest BCUT2D eigenvalue weighted by molar-refractivity contribution is 6.40. The molecule has 0 saturated heterocycles. The standard InChI is InChI=1S/C13H10Cl2N2O2/c14-10-5-8(7-18)6-11(15)12(10)13(19)17-9-1-3-16-4-2-9/h1-6,18H,7H2,(H,16,17,19). The lowest BCUT2D eigenvalue weighted by Gasteiger charge is -2.09. The third-order valence-corrected chi connectivity index (χ3v) is 3.05. The number of nitrogens with one attached hydrogen (secondary N) is 1. The molecule has 1 aromatic carbocycles. The van der Waals surface area contributed by atoms with Crippen molar-refractivity contribution < 1.29 is 9.90 Å². The average molecular weight is 297 g/mol. The molecule has 0 aliphatic rings. The number of halogens is 2. The Hall–Kier alpha value is -1.62. The molecule has 0 fully saturated rings. The molecule has 2 N–H and O–H groups in total. The van der Waals surface area contributed by atoms with E-state index in [0.717, 1.165) is 0 Å². The predicted molar refractivity (Wildman–Crippen MR) is 74.6 cm³/mol. The van der Waals surface area contributed by atoms with Crippen molar-refractivity contribution in [2.45, 2.75) is 6.61 Å². The Kier molecular flexibility index (Phi) is 4.37. The van der Waals surface area contributed by atoms with Gasteiger partial charge in [0.25, 0.3) is 5.91 Å². The van der Waals surface area contributed by atoms with Crippen molar-refractivity contribution in [3.63, 3.8) is 0 Å². The number of amides is 1. The minimum Gasteiger partial charge on any atom is -0.392 e. The van der Waals surface area contributed by atoms with Crippen LogP contribution in [0.3, 0.4) is 0 Å². The summed E-state index contributed by atoms with van der Waals surface area (Å²) in [5.74, 6) is -0.411. The van der Waals surface area contributed by atoms with Crippen molar-refractivity contribution in [3.8, 4) is 0 Å². The molecular weight excluding hydrogens is 287 g/mol. The summed E-state index contributed by atoms with van der Waals surface area (Å²) in [5.41, 5.74) is 1.33. The average Bonchev–Trinajstić information content (AvgIpc) is 2.38. The minimum atomic E-state index is -0.411. The number of hydrogen-bond acceptors (Lipinski definition) is 3. The van der Waals surface area contributed by atoms with Crippen LogP contribution >= 0.6 is 23.2 Å². The van der Waals surface area contributed by atoms with Gasteiger partial charge in [0.2, 0.25) is 0 Å². The van der Waals surface area contributed by atoms with Gasteiger partial charge in [-0.15, -0.1) is 0 Å². The van der Waals surface area contributed by atoms with Crippen molar-refractivity contribution in [1.29, 1.82) is 0 Å². The van der Waals surface area contributed by atoms with Crippen LogP contribution in [0.5, 0.6) is 0 Å². The summed E-state index contributed by atoms with van der Waals surface area (Å²) in [6.45, 7) is -0.189. The maximum absolute atomic E-state index is 12.1. The highest BCUT2D eigenvalue weighted by Crippen LogP contribution is 2.27. The Labute approximate surface area is 120 Å². The number of rotatable bonds is 3. The van der Waals surface area contributed by atoms with Crippen molar-refractivity contribution in [1.82, 2.24) is 4.98 Å². The molecule has 0 radical (unpaired) electrons. The molecule has 19 heavy (non-hydrogen) atoms. The fourth-order valence-corrected chi connectivity index (χ4v) is 2.27. The zero-order chi connectivity index (χ0) is 13.8. The van der Waals surface area contributed by atoms with Gasteiger partial charge in [0.15, 0.2) is 0 Å². The van der Waals surface area contributed by atoms with E-state index < -0.39 is 5.91 Å². The maximum Gasteiger partial charge on any atom is 0.258 e. The molecule has 1 heterocycles. The SMILES string of the molecule is O=C(Nc1ccncc1)c1c(Cl)cc(CO)cc1Cl. The van der Waals surface area contributed by atoms with E-state index in [1.165, 1.54) is 12.1 Å². The van der Waals surface area contributed by atoms with Crippen molar-refractivity contribution in [3.05, 3.63) is 57.8 Å². The Morgan fingerprint density at radius 3 is 2.32 bits per heavy atom. The van der Waals surface area contributed by atoms with Crippen LogP contribution in [0.15, 0.2) is 36.7 Å². The third kappa shape index (κ3) is 3.23. The predicted octanol–water partition coefficient (Wildman–Crippen LogP) is 3.13. The van der Waals surface area contributed by atoms with Crippen LogP contribution in [0.1, 0.15) is 15.9 Å². The van der Waals surface area contributed by atoms with Crippen LogP contribution in [0.25, 0.3) is 0 Å². The van der Waals surface area contributed by atoms with Crippen molar-refractivity contribution in [2.75, 3.05) is 5.32 Å². The van der Waals surface area contributed by atoms with Crippen LogP contribution in [0.4, 0.5) is 5.69 Å². The molecule has 0 unspecified atom stereocenters. The number of aromatic nitrogens is 1. The Morgan fingerprint density at radius 2 is 1.79 bits per heavy atom. The summed E-state index contributed by atoms with van der Waals surface area (Å²) >= 11 is 12.0. The number of aliphatic hydroxyl groups is 1. The van der Waals surface area contributed by atoms with Crippen molar-refractivity contribution >= 4 is 34.8 Å². The lowest BCUT2D eigenvalue weighted by molar-refractivity contribution is 0.102. The summed E-state index contributed by atoms with van der Waals surface area (Å²) in [6.07, 6.45) is 3.13. The molecule has 0 aliphatic carbocycles. The second kappa shape index (κ2) is 6.02. The summed E-state index contributed by atoms with van der Waals surface area (Å²) < 4.78 is 0. The number of nitrogens with zero attached hydrogens (tertiary/aromatic N) is 1. The molecule has 0 spiro atoms. The first-order valence-corrected chi connectivity index (χ1v) is 6.17. The van der Waals surface area contributed by atoms with E-state index in [-0.39, 0.29) is 22.2 Å². The number of hydrogen-bond donors (Lipinski definition) is 2. The molecule has 0 atom stereocenters. The quantitative estimate of drug-likeness (QED) is 0.915. The van der Waals surface area contributed by atoms with Crippen LogP contribution in [-0.2, 0) is 6.61 Å². The first-order chi connectivity index (χ1) is 9.11. The van der Waals surface area contributed by atoms with Gasteiger partial charge in [-0.05, 0) is 29.8 Å². The second-order valence-corrected chi connectivity index (χ2v) is 4.60. The maximum atomic E-state index is 12.1. The van der Waals surface area contributed by atoms with E-state index in [1.807, 2.05) is 0 Å². The Morgan fingerprint density at radius 1 is 1.21 bits per heavy atom. The number of anilines is 1. The van der Waals surface area contributed by atoms with Gasteiger partial charge in [0, 0.05) is 18.1 Å². The Balaban J connectivity index is 2.29. The number of benzene rings is 1. The largest absolute Gasteiger partial charge is 0.392 e. The molecule has 1 amide bonds. The van der Waals surface area contributed by atoms with Gasteiger partial charge in [-0.3, -0.25) is 9.78 Å². The highest BCUT2D eigenvalue weighted by Gasteiger charge is 2.16. The monoisotopic (exact) mass is 296 g/mol. The fraction of sp³-hybridized carbons (Fsp3) is 0.0769. The molecule has 1 aromatic heterocycles. The van der Waals surface area contributed by atoms with E-state index in [1.54, 1.807) is 24.5 Å². The van der Waals surface area contributed by atoms with E-state index in [2.05, 4.69) is 10.3 Å². The van der Waals surface area contributed by atoms with Gasteiger partial charge in [-0.1, -0.05) is 23.2 Å². The Bertz CT molecular complexity index is 580. The molecule has 2 rings (SSSR count). The normalized spacial score (nSPS) is 10.3. The third-order valence-electron chi connectivity index (χ3n) is 2.45. The molecule has 4 nitrogen and oxygen atoms in total. The molecule has 98 valence electrons. The molecular formula is C13H10Cl2N2O2. The van der Waals surface area contributed by atoms with E-state index >= 15 is 0 Å². The fourth-order valence-electron chi connectivity index (χ4n) is 1.56. The van der Waals surface area contributed by atoms with Gasteiger partial charge < -0.3 is 10.4 Å². The van der Waals surface area contributed by atoms with Gasteiger partial charge in [0.05, 0.1) is 22.2 Å². The summed E-state index contributed by atoms with van der Waals surface area (Å²) in [4.78, 5) is 15.9. The highest BCUT2D eigenvalue weighted by atomic mass is 35.5. The van der Waals surface area contributed by atoms with Crippen molar-refractivity contribution in [2.24, 2.45) is 0 Å². The van der Waals surface area contributed by atoms with Gasteiger partial charge in [-0.25, -0.2) is 0 Å². The van der Waals surface area contributed by atoms with Gasteiger partial charge in [-0.2, -0.15) is 0 Å². The van der Waals surface area contributed by atoms with Gasteiger partial charge >= 0.3 is 0 Å². The number of aliphatic hydroxyl groups excluding tert-OH is 1. The molecule has 6 heteroatoms. The second-order valence-electron chi connectivity index (χ2n) is 3.78. The number of carbonyl (C=O) groups excluding carboxylic acids is 1. The van der Waals surface area contributed by atoms with Gasteiger partial charge in [0.1, 0.15) is 0 Å². The molecule has 0 aliphatic heterocycles. The summed E-state index contributed by atoms with van der Waals surface area (Å²) in [6, 6.07) is 6.33. The first-order valence-electron chi connectivity index (χ1n) is 5.42. The lowest BCUT2D eigenvalue weighted by atomic mass is 10.1. The van der Waals surface area contributed by atoms with E-state index in [9.17, 15) is 4.79 Å². The molecule has 2 aromatic rings. The van der Waals surface area contributed by atoms with Crippen LogP contribution < -0.4 is 5.32 Å². The van der Waals surface area contributed by atoms with E-state index in [0.29, 0.717) is 11.3 Å². The summed E-state index contributed by atoms with van der Waals surface area (Å²) in [7, 11) is 0. The summed E-state index contributed by atoms with van der Waals surface area (Å²) in [5, 5.41) is 12.1. The van der Waals surface area contributed by atoms with E-state index in [4.69, 9.17) is 28.3 Å². The minimum absolute atomic E-state index is 0.178. The topological polar surface area (TPSA) is 62.2 Å². The van der Waals surface area contributed by atoms with Crippen LogP contribution in [0.2, 0.25) is 10.0 Å². The molecule has 0 bridgehead atoms.